The first-order chi connectivity index (χ1) is 5.22. The first-order valence-electron chi connectivity index (χ1n) is 3.79. The van der Waals surface area contributed by atoms with Gasteiger partial charge >= 0.3 is 5.97 Å². The van der Waals surface area contributed by atoms with E-state index < -0.39 is 12.0 Å². The molecular formula is C7H15NO3. The summed E-state index contributed by atoms with van der Waals surface area (Å²) in [5, 5.41) is 19.7. The van der Waals surface area contributed by atoms with Crippen LogP contribution in [0.2, 0.25) is 0 Å². The summed E-state index contributed by atoms with van der Waals surface area (Å²) in [7, 11) is 0. The zero-order valence-electron chi connectivity index (χ0n) is 6.71. The van der Waals surface area contributed by atoms with Gasteiger partial charge in [-0.3, -0.25) is 4.79 Å². The van der Waals surface area contributed by atoms with Crippen molar-refractivity contribution in [2.45, 2.75) is 25.8 Å². The molecule has 0 saturated carbocycles. The molecule has 66 valence electrons. The summed E-state index contributed by atoms with van der Waals surface area (Å²) < 4.78 is 0. The molecule has 11 heavy (non-hydrogen) atoms. The third-order valence-corrected chi connectivity index (χ3v) is 1.40. The largest absolute Gasteiger partial charge is 0.480 e. The van der Waals surface area contributed by atoms with Gasteiger partial charge in [-0.1, -0.05) is 13.3 Å². The van der Waals surface area contributed by atoms with E-state index in [0.29, 0.717) is 6.54 Å². The Morgan fingerprint density at radius 2 is 2.27 bits per heavy atom. The lowest BCUT2D eigenvalue weighted by molar-refractivity contribution is -0.140. The van der Waals surface area contributed by atoms with Gasteiger partial charge < -0.3 is 15.5 Å². The fourth-order valence-electron chi connectivity index (χ4n) is 0.683. The molecule has 0 bridgehead atoms. The van der Waals surface area contributed by atoms with E-state index in [1.807, 2.05) is 6.92 Å². The molecule has 3 N–H and O–H groups in total. The van der Waals surface area contributed by atoms with E-state index in [2.05, 4.69) is 5.32 Å². The third-order valence-electron chi connectivity index (χ3n) is 1.40. The number of carboxylic acids is 1. The maximum Gasteiger partial charge on any atom is 0.323 e. The standard InChI is InChI=1S/C7H15NO3/c1-2-3-4-8-6(5-9)7(10)11/h6,8-9H,2-5H2,1H3,(H,10,11)/t6-/m1/s1. The molecule has 0 aliphatic carbocycles. The van der Waals surface area contributed by atoms with Crippen LogP contribution in [-0.2, 0) is 4.79 Å². The monoisotopic (exact) mass is 161 g/mol. The number of aliphatic hydroxyl groups excluding tert-OH is 1. The Morgan fingerprint density at radius 3 is 2.64 bits per heavy atom. The summed E-state index contributed by atoms with van der Waals surface area (Å²) in [5.41, 5.74) is 0. The maximum absolute atomic E-state index is 10.3. The number of nitrogens with one attached hydrogen (secondary N) is 1. The Bertz CT molecular complexity index is 116. The summed E-state index contributed by atoms with van der Waals surface area (Å²) in [5.74, 6) is -0.997. The molecule has 0 aromatic rings. The number of carboxylic acid groups (broad SMARTS) is 1. The molecule has 0 unspecified atom stereocenters. The molecule has 1 atom stereocenters. The molecule has 0 heterocycles. The Balaban J connectivity index is 3.44. The van der Waals surface area contributed by atoms with Crippen LogP contribution >= 0.6 is 0 Å². The van der Waals surface area contributed by atoms with Crippen LogP contribution in [0, 0.1) is 0 Å². The quantitative estimate of drug-likeness (QED) is 0.473. The van der Waals surface area contributed by atoms with Crippen molar-refractivity contribution < 1.29 is 15.0 Å². The molecule has 0 aromatic heterocycles. The van der Waals surface area contributed by atoms with E-state index in [4.69, 9.17) is 10.2 Å². The van der Waals surface area contributed by atoms with Crippen LogP contribution in [0.1, 0.15) is 19.8 Å². The van der Waals surface area contributed by atoms with Gasteiger partial charge in [0.15, 0.2) is 0 Å². The van der Waals surface area contributed by atoms with E-state index in [9.17, 15) is 4.79 Å². The van der Waals surface area contributed by atoms with Crippen LogP contribution in [-0.4, -0.2) is 35.4 Å². The maximum atomic E-state index is 10.3. The van der Waals surface area contributed by atoms with E-state index >= 15 is 0 Å². The number of hydrogen-bond acceptors (Lipinski definition) is 3. The number of carbonyl (C=O) groups is 1. The minimum atomic E-state index is -0.997. The molecule has 0 fully saturated rings. The van der Waals surface area contributed by atoms with Gasteiger partial charge in [0.2, 0.25) is 0 Å². The molecule has 0 saturated heterocycles. The Kier molecular flexibility index (Phi) is 5.78. The van der Waals surface area contributed by atoms with Crippen LogP contribution in [0.5, 0.6) is 0 Å². The van der Waals surface area contributed by atoms with E-state index in [-0.39, 0.29) is 6.61 Å². The topological polar surface area (TPSA) is 69.6 Å². The fraction of sp³-hybridized carbons (Fsp3) is 0.857. The van der Waals surface area contributed by atoms with Crippen molar-refractivity contribution in [3.8, 4) is 0 Å². The second-order valence-corrected chi connectivity index (χ2v) is 2.38. The molecule has 0 rings (SSSR count). The summed E-state index contributed by atoms with van der Waals surface area (Å²) in [6.45, 7) is 2.32. The van der Waals surface area contributed by atoms with Gasteiger partial charge in [-0.25, -0.2) is 0 Å². The van der Waals surface area contributed by atoms with Gasteiger partial charge in [-0.05, 0) is 13.0 Å². The number of aliphatic hydroxyl groups is 1. The summed E-state index contributed by atoms with van der Waals surface area (Å²) in [6.07, 6.45) is 1.95. The summed E-state index contributed by atoms with van der Waals surface area (Å²) >= 11 is 0. The van der Waals surface area contributed by atoms with Crippen LogP contribution in [0.15, 0.2) is 0 Å². The average molecular weight is 161 g/mol. The Hall–Kier alpha value is -0.610. The lowest BCUT2D eigenvalue weighted by Gasteiger charge is -2.09. The third kappa shape index (κ3) is 4.75. The second-order valence-electron chi connectivity index (χ2n) is 2.38. The second kappa shape index (κ2) is 6.12. The fourth-order valence-corrected chi connectivity index (χ4v) is 0.683. The molecule has 0 aliphatic heterocycles. The Morgan fingerprint density at radius 1 is 1.64 bits per heavy atom. The van der Waals surface area contributed by atoms with Gasteiger partial charge in [0, 0.05) is 0 Å². The van der Waals surface area contributed by atoms with Gasteiger partial charge in [0.1, 0.15) is 6.04 Å². The SMILES string of the molecule is CCCCN[C@H](CO)C(=O)O. The van der Waals surface area contributed by atoms with Gasteiger partial charge in [-0.15, -0.1) is 0 Å². The van der Waals surface area contributed by atoms with Gasteiger partial charge in [0.05, 0.1) is 6.61 Å². The molecule has 0 aliphatic rings. The van der Waals surface area contributed by atoms with Crippen molar-refractivity contribution >= 4 is 5.97 Å². The van der Waals surface area contributed by atoms with Crippen LogP contribution < -0.4 is 5.32 Å². The van der Waals surface area contributed by atoms with Crippen LogP contribution in [0.25, 0.3) is 0 Å². The minimum absolute atomic E-state index is 0.348. The number of aliphatic carboxylic acids is 1. The minimum Gasteiger partial charge on any atom is -0.480 e. The first kappa shape index (κ1) is 10.4. The highest BCUT2D eigenvalue weighted by molar-refractivity contribution is 5.73. The highest BCUT2D eigenvalue weighted by atomic mass is 16.4. The van der Waals surface area contributed by atoms with E-state index in [1.54, 1.807) is 0 Å². The normalized spacial score (nSPS) is 12.9. The van der Waals surface area contributed by atoms with Gasteiger partial charge in [0.25, 0.3) is 0 Å². The van der Waals surface area contributed by atoms with Crippen molar-refractivity contribution in [1.29, 1.82) is 0 Å². The Labute approximate surface area is 66.2 Å². The molecule has 4 heteroatoms. The predicted molar refractivity (Wildman–Crippen MR) is 41.4 cm³/mol. The zero-order chi connectivity index (χ0) is 8.69. The number of rotatable bonds is 6. The van der Waals surface area contributed by atoms with Crippen molar-refractivity contribution in [2.75, 3.05) is 13.2 Å². The molecular weight excluding hydrogens is 146 g/mol. The molecule has 0 aromatic carbocycles. The van der Waals surface area contributed by atoms with Gasteiger partial charge in [-0.2, -0.15) is 0 Å². The number of unbranched alkanes of at least 4 members (excludes halogenated alkanes) is 1. The number of hydrogen-bond donors (Lipinski definition) is 3. The summed E-state index contributed by atoms with van der Waals surface area (Å²) in [6, 6.07) is -0.804. The smallest absolute Gasteiger partial charge is 0.323 e. The van der Waals surface area contributed by atoms with Crippen molar-refractivity contribution in [1.82, 2.24) is 5.32 Å². The highest BCUT2D eigenvalue weighted by Crippen LogP contribution is 1.86. The van der Waals surface area contributed by atoms with Crippen molar-refractivity contribution in [2.24, 2.45) is 0 Å². The summed E-state index contributed by atoms with van der Waals surface area (Å²) in [4.78, 5) is 10.3. The van der Waals surface area contributed by atoms with E-state index in [1.165, 1.54) is 0 Å². The molecule has 4 nitrogen and oxygen atoms in total. The zero-order valence-corrected chi connectivity index (χ0v) is 6.71. The molecule has 0 spiro atoms. The van der Waals surface area contributed by atoms with E-state index in [0.717, 1.165) is 12.8 Å². The molecule has 0 radical (unpaired) electrons. The molecule has 0 amide bonds. The lowest BCUT2D eigenvalue weighted by atomic mass is 10.3. The first-order valence-corrected chi connectivity index (χ1v) is 3.79. The lowest BCUT2D eigenvalue weighted by Crippen LogP contribution is -2.40. The highest BCUT2D eigenvalue weighted by Gasteiger charge is 2.13. The average Bonchev–Trinajstić information content (AvgIpc) is 1.97. The van der Waals surface area contributed by atoms with Crippen LogP contribution in [0.4, 0.5) is 0 Å². The van der Waals surface area contributed by atoms with Crippen LogP contribution in [0.3, 0.4) is 0 Å². The van der Waals surface area contributed by atoms with Crippen molar-refractivity contribution in [3.63, 3.8) is 0 Å². The predicted octanol–water partition coefficient (Wildman–Crippen LogP) is -0.178. The van der Waals surface area contributed by atoms with Crippen molar-refractivity contribution in [3.05, 3.63) is 0 Å².